The fourth-order valence-electron chi connectivity index (χ4n) is 6.00. The van der Waals surface area contributed by atoms with Crippen LogP contribution in [0.4, 0.5) is 11.5 Å². The molecule has 0 spiro atoms. The highest BCUT2D eigenvalue weighted by Gasteiger charge is 2.38. The van der Waals surface area contributed by atoms with Gasteiger partial charge in [-0.15, -0.1) is 0 Å². The van der Waals surface area contributed by atoms with Crippen molar-refractivity contribution >= 4 is 50.7 Å². The van der Waals surface area contributed by atoms with Gasteiger partial charge in [-0.05, 0) is 56.5 Å². The van der Waals surface area contributed by atoms with Gasteiger partial charge in [-0.25, -0.2) is 22.7 Å². The normalized spacial score (nSPS) is 20.0. The van der Waals surface area contributed by atoms with Gasteiger partial charge in [-0.3, -0.25) is 14.5 Å². The molecule has 1 N–H and O–H groups in total. The minimum atomic E-state index is -3.64. The van der Waals surface area contributed by atoms with E-state index in [4.69, 9.17) is 26.4 Å². The van der Waals surface area contributed by atoms with Gasteiger partial charge in [0.25, 0.3) is 5.91 Å². The SMILES string of the molecule is Cc1cn2nc([C@@H]3CCCCN3C(=O)c3cc(Cl)ccc3NS(C)(=O)=O)cc2nc1N1C[C@@H](C#N)[C@@H](OC(=O)c2cccnc2)C1. The lowest BCUT2D eigenvalue weighted by atomic mass is 9.98. The second-order valence-electron chi connectivity index (χ2n) is 11.5. The number of hydrogen-bond donors (Lipinski definition) is 1. The number of ether oxygens (including phenoxy) is 1. The van der Waals surface area contributed by atoms with E-state index in [2.05, 4.69) is 15.8 Å². The number of anilines is 2. The van der Waals surface area contributed by atoms with Gasteiger partial charge >= 0.3 is 5.97 Å². The zero-order valence-corrected chi connectivity index (χ0v) is 26.7. The van der Waals surface area contributed by atoms with Crippen LogP contribution in [0.1, 0.15) is 57.3 Å². The predicted molar refractivity (Wildman–Crippen MR) is 170 cm³/mol. The number of carbonyl (C=O) groups excluding carboxylic acids is 2. The number of aryl methyl sites for hydroxylation is 1. The molecule has 15 heteroatoms. The smallest absolute Gasteiger partial charge is 0.340 e. The molecule has 5 heterocycles. The minimum absolute atomic E-state index is 0.156. The van der Waals surface area contributed by atoms with Crippen LogP contribution in [0.15, 0.2) is 55.0 Å². The van der Waals surface area contributed by atoms with E-state index in [1.807, 2.05) is 24.1 Å². The summed E-state index contributed by atoms with van der Waals surface area (Å²) in [5.74, 6) is -0.795. The molecule has 4 aromatic rings. The maximum absolute atomic E-state index is 13.9. The van der Waals surface area contributed by atoms with Crippen molar-refractivity contribution in [2.75, 3.05) is 35.5 Å². The average molecular weight is 663 g/mol. The Bertz CT molecular complexity index is 1960. The number of nitriles is 1. The molecule has 2 aliphatic heterocycles. The van der Waals surface area contributed by atoms with Crippen molar-refractivity contribution in [1.82, 2.24) is 24.5 Å². The number of hydrogen-bond acceptors (Lipinski definition) is 10. The fourth-order valence-corrected chi connectivity index (χ4v) is 6.75. The zero-order chi connectivity index (χ0) is 32.6. The van der Waals surface area contributed by atoms with E-state index in [0.717, 1.165) is 24.7 Å². The molecule has 238 valence electrons. The van der Waals surface area contributed by atoms with E-state index in [9.17, 15) is 23.3 Å². The van der Waals surface area contributed by atoms with Crippen LogP contribution in [0, 0.1) is 24.2 Å². The number of piperidine rings is 1. The molecule has 0 radical (unpaired) electrons. The molecular weight excluding hydrogens is 632 g/mol. The highest BCUT2D eigenvalue weighted by Crippen LogP contribution is 2.35. The summed E-state index contributed by atoms with van der Waals surface area (Å²) < 4.78 is 33.8. The van der Waals surface area contributed by atoms with Gasteiger partial charge in [-0.2, -0.15) is 10.4 Å². The summed E-state index contributed by atoms with van der Waals surface area (Å²) in [6, 6.07) is 11.5. The number of likely N-dealkylation sites (tertiary alicyclic amines) is 1. The third kappa shape index (κ3) is 6.47. The van der Waals surface area contributed by atoms with E-state index >= 15 is 0 Å². The lowest BCUT2D eigenvalue weighted by Gasteiger charge is -2.35. The molecule has 0 saturated carbocycles. The molecular formula is C31H31ClN8O5S. The first kappa shape index (κ1) is 31.3. The van der Waals surface area contributed by atoms with Crippen LogP contribution in [-0.4, -0.2) is 76.8 Å². The summed E-state index contributed by atoms with van der Waals surface area (Å²) in [6.45, 7) is 2.98. The number of fused-ring (bicyclic) bond motifs is 1. The van der Waals surface area contributed by atoms with Crippen molar-refractivity contribution in [2.45, 2.75) is 38.3 Å². The number of sulfonamides is 1. The van der Waals surface area contributed by atoms with E-state index in [0.29, 0.717) is 53.8 Å². The monoisotopic (exact) mass is 662 g/mol. The topological polar surface area (TPSA) is 163 Å². The average Bonchev–Trinajstić information content (AvgIpc) is 3.64. The molecule has 2 saturated heterocycles. The maximum Gasteiger partial charge on any atom is 0.340 e. The van der Waals surface area contributed by atoms with Crippen LogP contribution in [0.2, 0.25) is 5.02 Å². The van der Waals surface area contributed by atoms with Crippen molar-refractivity contribution in [2.24, 2.45) is 5.92 Å². The number of nitrogens with zero attached hydrogens (tertiary/aromatic N) is 7. The number of esters is 1. The summed E-state index contributed by atoms with van der Waals surface area (Å²) in [5.41, 5.74) is 2.64. The Morgan fingerprint density at radius 3 is 2.74 bits per heavy atom. The van der Waals surface area contributed by atoms with E-state index in [1.165, 1.54) is 24.4 Å². The number of carbonyl (C=O) groups is 2. The molecule has 0 bridgehead atoms. The number of pyridine rings is 1. The molecule has 1 aromatic carbocycles. The van der Waals surface area contributed by atoms with Crippen LogP contribution < -0.4 is 9.62 Å². The standard InChI is InChI=1S/C31H31ClN8O5S/c1-19-16-40-28(35-29(19)38-17-21(14-33)27(18-38)45-31(42)20-6-5-10-34-15-20)13-25(36-40)26-7-3-4-11-39(26)30(41)23-12-22(32)8-9-24(23)37-46(2,43)44/h5-6,8-10,12-13,15-16,21,26-27,37H,3-4,7,11,17-18H2,1-2H3/t21-,26+,27+/m1/s1. The summed E-state index contributed by atoms with van der Waals surface area (Å²) >= 11 is 6.22. The Labute approximate surface area is 270 Å². The van der Waals surface area contributed by atoms with Gasteiger partial charge in [0.1, 0.15) is 17.8 Å². The summed E-state index contributed by atoms with van der Waals surface area (Å²) in [6.07, 6.45) is 7.55. The molecule has 46 heavy (non-hydrogen) atoms. The molecule has 0 unspecified atom stereocenters. The maximum atomic E-state index is 13.9. The van der Waals surface area contributed by atoms with Crippen LogP contribution in [0.3, 0.4) is 0 Å². The Kier molecular flexibility index (Phi) is 8.54. The Balaban J connectivity index is 1.26. The molecule has 2 fully saturated rings. The van der Waals surface area contributed by atoms with Crippen molar-refractivity contribution in [3.8, 4) is 6.07 Å². The summed E-state index contributed by atoms with van der Waals surface area (Å²) in [7, 11) is -3.64. The van der Waals surface area contributed by atoms with Crippen molar-refractivity contribution in [1.29, 1.82) is 5.26 Å². The molecule has 3 atom stereocenters. The molecule has 6 rings (SSSR count). The lowest BCUT2D eigenvalue weighted by molar-refractivity contribution is 0.0295. The van der Waals surface area contributed by atoms with E-state index in [1.54, 1.807) is 27.7 Å². The summed E-state index contributed by atoms with van der Waals surface area (Å²) in [4.78, 5) is 39.1. The quantitative estimate of drug-likeness (QED) is 0.286. The minimum Gasteiger partial charge on any atom is -0.455 e. The number of nitrogens with one attached hydrogen (secondary N) is 1. The number of benzene rings is 1. The molecule has 13 nitrogen and oxygen atoms in total. The predicted octanol–water partition coefficient (Wildman–Crippen LogP) is 4.01. The highest BCUT2D eigenvalue weighted by molar-refractivity contribution is 7.92. The van der Waals surface area contributed by atoms with Crippen molar-refractivity contribution in [3.05, 3.63) is 82.4 Å². The summed E-state index contributed by atoms with van der Waals surface area (Å²) in [5, 5.41) is 14.9. The lowest BCUT2D eigenvalue weighted by Crippen LogP contribution is -2.39. The van der Waals surface area contributed by atoms with Crippen LogP contribution in [0.5, 0.6) is 0 Å². The van der Waals surface area contributed by atoms with Gasteiger partial charge < -0.3 is 14.5 Å². The van der Waals surface area contributed by atoms with Crippen LogP contribution in [-0.2, 0) is 14.8 Å². The zero-order valence-electron chi connectivity index (χ0n) is 25.1. The first-order valence-electron chi connectivity index (χ1n) is 14.7. The number of aromatic nitrogens is 4. The number of halogens is 1. The van der Waals surface area contributed by atoms with Gasteiger partial charge in [0.15, 0.2) is 5.65 Å². The van der Waals surface area contributed by atoms with Crippen molar-refractivity contribution in [3.63, 3.8) is 0 Å². The molecule has 1 amide bonds. The first-order chi connectivity index (χ1) is 22.0. The number of amides is 1. The molecule has 3 aromatic heterocycles. The van der Waals surface area contributed by atoms with E-state index < -0.39 is 28.0 Å². The van der Waals surface area contributed by atoms with Gasteiger partial charge in [0.2, 0.25) is 10.0 Å². The second-order valence-corrected chi connectivity index (χ2v) is 13.7. The van der Waals surface area contributed by atoms with Gasteiger partial charge in [-0.1, -0.05) is 11.6 Å². The number of rotatable bonds is 7. The first-order valence-corrected chi connectivity index (χ1v) is 17.0. The highest BCUT2D eigenvalue weighted by atomic mass is 35.5. The Morgan fingerprint density at radius 1 is 1.17 bits per heavy atom. The van der Waals surface area contributed by atoms with E-state index in [-0.39, 0.29) is 23.2 Å². The second kappa shape index (κ2) is 12.6. The fraction of sp³-hybridized carbons (Fsp3) is 0.355. The Morgan fingerprint density at radius 2 is 2.00 bits per heavy atom. The largest absolute Gasteiger partial charge is 0.455 e. The van der Waals surface area contributed by atoms with Crippen molar-refractivity contribution < 1.29 is 22.7 Å². The van der Waals surface area contributed by atoms with Gasteiger partial charge in [0.05, 0.1) is 47.4 Å². The van der Waals surface area contributed by atoms with Gasteiger partial charge in [0, 0.05) is 48.3 Å². The third-order valence-corrected chi connectivity index (χ3v) is 8.95. The van der Waals surface area contributed by atoms with Crippen LogP contribution in [0.25, 0.3) is 5.65 Å². The molecule has 2 aliphatic rings. The van der Waals surface area contributed by atoms with Crippen LogP contribution >= 0.6 is 11.6 Å². The Hall–Kier alpha value is -4.74. The third-order valence-electron chi connectivity index (χ3n) is 8.12. The molecule has 0 aliphatic carbocycles.